The second-order valence-corrected chi connectivity index (χ2v) is 8.59. The van der Waals surface area contributed by atoms with E-state index in [-0.39, 0.29) is 6.42 Å². The van der Waals surface area contributed by atoms with Gasteiger partial charge in [-0.1, -0.05) is 48.0 Å². The minimum Gasteiger partial charge on any atom is -0.390 e. The summed E-state index contributed by atoms with van der Waals surface area (Å²) in [4.78, 5) is 38.1. The summed E-state index contributed by atoms with van der Waals surface area (Å²) in [5.41, 5.74) is -2.14. The summed E-state index contributed by atoms with van der Waals surface area (Å²) in [5, 5.41) is 21.7. The van der Waals surface area contributed by atoms with Crippen molar-refractivity contribution in [1.82, 2.24) is 0 Å². The first-order valence-electron chi connectivity index (χ1n) is 9.46. The van der Waals surface area contributed by atoms with Crippen molar-refractivity contribution >= 4 is 17.3 Å². The quantitative estimate of drug-likeness (QED) is 0.621. The van der Waals surface area contributed by atoms with E-state index in [1.807, 2.05) is 27.7 Å². The topological polar surface area (TPSA) is 91.7 Å². The van der Waals surface area contributed by atoms with E-state index >= 15 is 0 Å². The number of carbonyl (C=O) groups excluding carboxylic acids is 3. The van der Waals surface area contributed by atoms with Gasteiger partial charge in [0.1, 0.15) is 5.92 Å². The molecule has 144 valence electrons. The van der Waals surface area contributed by atoms with Crippen LogP contribution in [0.15, 0.2) is 0 Å². The highest BCUT2D eigenvalue weighted by Crippen LogP contribution is 2.42. The molecule has 2 N–H and O–H groups in total. The van der Waals surface area contributed by atoms with Gasteiger partial charge < -0.3 is 10.2 Å². The zero-order valence-corrected chi connectivity index (χ0v) is 16.4. The second-order valence-electron chi connectivity index (χ2n) is 8.59. The molecule has 1 saturated carbocycles. The molecule has 0 heterocycles. The number of aliphatic hydroxyl groups excluding tert-OH is 1. The van der Waals surface area contributed by atoms with Gasteiger partial charge in [-0.2, -0.15) is 0 Å². The lowest BCUT2D eigenvalue weighted by Gasteiger charge is -2.33. The molecule has 5 heteroatoms. The Kier molecular flexibility index (Phi) is 7.51. The second kappa shape index (κ2) is 8.54. The fourth-order valence-electron chi connectivity index (χ4n) is 3.52. The van der Waals surface area contributed by atoms with Gasteiger partial charge in [0.2, 0.25) is 0 Å². The molecule has 1 aliphatic carbocycles. The van der Waals surface area contributed by atoms with Gasteiger partial charge in [-0.15, -0.1) is 0 Å². The van der Waals surface area contributed by atoms with Crippen molar-refractivity contribution in [2.24, 2.45) is 29.6 Å². The Hall–Kier alpha value is -1.07. The molecule has 0 radical (unpaired) electrons. The fourth-order valence-corrected chi connectivity index (χ4v) is 3.52. The number of Topliss-reactive ketones (excluding diaryl/α,β-unsaturated/α-hetero) is 3. The van der Waals surface area contributed by atoms with Crippen LogP contribution < -0.4 is 0 Å². The summed E-state index contributed by atoms with van der Waals surface area (Å²) in [6.45, 7) is 11.2. The molecule has 0 aromatic rings. The Bertz CT molecular complexity index is 508. The van der Waals surface area contributed by atoms with E-state index in [2.05, 4.69) is 0 Å². The largest absolute Gasteiger partial charge is 0.390 e. The zero-order chi connectivity index (χ0) is 19.5. The van der Waals surface area contributed by atoms with Crippen molar-refractivity contribution in [3.8, 4) is 0 Å². The first kappa shape index (κ1) is 22.0. The van der Waals surface area contributed by atoms with Gasteiger partial charge in [-0.05, 0) is 31.1 Å². The molecule has 0 aliphatic heterocycles. The van der Waals surface area contributed by atoms with Gasteiger partial charge in [-0.3, -0.25) is 14.4 Å². The van der Waals surface area contributed by atoms with Crippen LogP contribution in [0, 0.1) is 29.6 Å². The highest BCUT2D eigenvalue weighted by atomic mass is 16.4. The normalized spacial score (nSPS) is 28.4. The number of hydrogen-bond donors (Lipinski definition) is 2. The van der Waals surface area contributed by atoms with Crippen LogP contribution in [0.3, 0.4) is 0 Å². The third-order valence-corrected chi connectivity index (χ3v) is 5.23. The van der Waals surface area contributed by atoms with Crippen molar-refractivity contribution < 1.29 is 24.6 Å². The average Bonchev–Trinajstić information content (AvgIpc) is 2.69. The Morgan fingerprint density at radius 1 is 1.00 bits per heavy atom. The van der Waals surface area contributed by atoms with E-state index < -0.39 is 46.8 Å². The van der Waals surface area contributed by atoms with Crippen LogP contribution in [-0.4, -0.2) is 39.3 Å². The van der Waals surface area contributed by atoms with Gasteiger partial charge in [0.15, 0.2) is 23.0 Å². The highest BCUT2D eigenvalue weighted by molar-refractivity contribution is 6.27. The van der Waals surface area contributed by atoms with E-state index in [0.29, 0.717) is 31.1 Å². The molecule has 0 saturated heterocycles. The molecular weight excluding hydrogens is 320 g/mol. The summed E-state index contributed by atoms with van der Waals surface area (Å²) in [5.74, 6) is -4.10. The smallest absolute Gasteiger partial charge is 0.185 e. The predicted molar refractivity (Wildman–Crippen MR) is 95.9 cm³/mol. The van der Waals surface area contributed by atoms with Gasteiger partial charge >= 0.3 is 0 Å². The first-order valence-corrected chi connectivity index (χ1v) is 9.46. The minimum absolute atomic E-state index is 0.230. The lowest BCUT2D eigenvalue weighted by molar-refractivity contribution is -0.158. The maximum atomic E-state index is 12.9. The van der Waals surface area contributed by atoms with E-state index in [4.69, 9.17) is 0 Å². The Morgan fingerprint density at radius 3 is 1.96 bits per heavy atom. The molecule has 1 fully saturated rings. The van der Waals surface area contributed by atoms with E-state index in [1.54, 1.807) is 13.8 Å². The summed E-state index contributed by atoms with van der Waals surface area (Å²) >= 11 is 0. The molecule has 0 amide bonds. The molecule has 5 nitrogen and oxygen atoms in total. The molecular formula is C20H34O5. The van der Waals surface area contributed by atoms with E-state index in [0.717, 1.165) is 0 Å². The van der Waals surface area contributed by atoms with Crippen molar-refractivity contribution in [2.45, 2.75) is 78.9 Å². The summed E-state index contributed by atoms with van der Waals surface area (Å²) < 4.78 is 0. The van der Waals surface area contributed by atoms with Crippen LogP contribution in [0.25, 0.3) is 0 Å². The monoisotopic (exact) mass is 354 g/mol. The van der Waals surface area contributed by atoms with Crippen LogP contribution in [0.1, 0.15) is 67.2 Å². The Labute approximate surface area is 151 Å². The van der Waals surface area contributed by atoms with Crippen LogP contribution >= 0.6 is 0 Å². The van der Waals surface area contributed by atoms with Crippen LogP contribution in [0.2, 0.25) is 0 Å². The van der Waals surface area contributed by atoms with Gasteiger partial charge in [0.05, 0.1) is 12.0 Å². The van der Waals surface area contributed by atoms with Gasteiger partial charge in [-0.25, -0.2) is 0 Å². The zero-order valence-electron chi connectivity index (χ0n) is 16.4. The summed E-state index contributed by atoms with van der Waals surface area (Å²) in [7, 11) is 0. The molecule has 1 aliphatic rings. The molecule has 25 heavy (non-hydrogen) atoms. The maximum absolute atomic E-state index is 12.9. The minimum atomic E-state index is -2.14. The maximum Gasteiger partial charge on any atom is 0.185 e. The fraction of sp³-hybridized carbons (Fsp3) is 0.850. The van der Waals surface area contributed by atoms with Crippen LogP contribution in [0.5, 0.6) is 0 Å². The molecule has 1 unspecified atom stereocenters. The lowest BCUT2D eigenvalue weighted by Crippen LogP contribution is -2.52. The summed E-state index contributed by atoms with van der Waals surface area (Å²) in [6.07, 6.45) is 0.483. The number of carbonyl (C=O) groups is 3. The molecule has 0 bridgehead atoms. The standard InChI is InChI=1S/C20H34O5/c1-11(2)7-9-14-18(23)16(17(22)13(5)6)19(24)20(14,25)15(21)10-8-12(3)4/h11-16,21,25H,7-10H2,1-6H3/t14-,15-,16?,20+/m1/s1. The third kappa shape index (κ3) is 4.56. The van der Waals surface area contributed by atoms with E-state index in [1.165, 1.54) is 0 Å². The summed E-state index contributed by atoms with van der Waals surface area (Å²) in [6, 6.07) is 0. The Balaban J connectivity index is 3.20. The number of aliphatic hydroxyl groups is 2. The first-order chi connectivity index (χ1) is 11.4. The number of hydrogen-bond acceptors (Lipinski definition) is 5. The third-order valence-electron chi connectivity index (χ3n) is 5.23. The van der Waals surface area contributed by atoms with Gasteiger partial charge in [0, 0.05) is 5.92 Å². The number of ketones is 3. The van der Waals surface area contributed by atoms with Crippen molar-refractivity contribution in [2.75, 3.05) is 0 Å². The van der Waals surface area contributed by atoms with Crippen LogP contribution in [-0.2, 0) is 14.4 Å². The average molecular weight is 354 g/mol. The van der Waals surface area contributed by atoms with Crippen LogP contribution in [0.4, 0.5) is 0 Å². The number of rotatable bonds is 9. The predicted octanol–water partition coefficient (Wildman–Crippen LogP) is 2.56. The lowest BCUT2D eigenvalue weighted by atomic mass is 9.78. The van der Waals surface area contributed by atoms with Gasteiger partial charge in [0.25, 0.3) is 0 Å². The molecule has 0 aromatic carbocycles. The van der Waals surface area contributed by atoms with Crippen molar-refractivity contribution in [3.05, 3.63) is 0 Å². The molecule has 0 spiro atoms. The molecule has 1 rings (SSSR count). The Morgan fingerprint density at radius 2 is 1.52 bits per heavy atom. The van der Waals surface area contributed by atoms with E-state index in [9.17, 15) is 24.6 Å². The SMILES string of the molecule is CC(C)CC[C@@H](O)[C@]1(O)C(=O)C(C(=O)C(C)C)C(=O)[C@H]1CCC(C)C. The molecule has 0 aromatic heterocycles. The van der Waals surface area contributed by atoms with Crippen molar-refractivity contribution in [3.63, 3.8) is 0 Å². The van der Waals surface area contributed by atoms with Crippen molar-refractivity contribution in [1.29, 1.82) is 0 Å². The highest BCUT2D eigenvalue weighted by Gasteiger charge is 2.64. The molecule has 4 atom stereocenters.